The van der Waals surface area contributed by atoms with Crippen LogP contribution in [0.4, 0.5) is 0 Å². The molecule has 0 bridgehead atoms. The fourth-order valence-corrected chi connectivity index (χ4v) is 3.97. The third-order valence-electron chi connectivity index (χ3n) is 3.38. The van der Waals surface area contributed by atoms with Gasteiger partial charge < -0.3 is 5.32 Å². The van der Waals surface area contributed by atoms with Crippen molar-refractivity contribution in [1.82, 2.24) is 20.5 Å². The summed E-state index contributed by atoms with van der Waals surface area (Å²) in [6.07, 6.45) is 0.425. The highest BCUT2D eigenvalue weighted by Gasteiger charge is 2.29. The number of nitrogens with one attached hydrogen (secondary N) is 1. The van der Waals surface area contributed by atoms with Crippen molar-refractivity contribution < 1.29 is 13.2 Å². The molecule has 8 heteroatoms. The average Bonchev–Trinajstić information content (AvgIpc) is 2.77. The lowest BCUT2D eigenvalue weighted by Gasteiger charge is -2.09. The summed E-state index contributed by atoms with van der Waals surface area (Å²) in [5.74, 6) is -0.460. The molecule has 1 atom stereocenters. The van der Waals surface area contributed by atoms with Crippen LogP contribution in [0.15, 0.2) is 18.2 Å². The van der Waals surface area contributed by atoms with E-state index in [0.29, 0.717) is 17.5 Å². The van der Waals surface area contributed by atoms with Crippen LogP contribution in [0.2, 0.25) is 0 Å². The Balaban J connectivity index is 1.81. The van der Waals surface area contributed by atoms with Gasteiger partial charge in [-0.05, 0) is 31.0 Å². The van der Waals surface area contributed by atoms with Gasteiger partial charge in [0.05, 0.1) is 17.0 Å². The molecule has 3 rings (SSSR count). The van der Waals surface area contributed by atoms with Gasteiger partial charge in [0.15, 0.2) is 9.84 Å². The Bertz CT molecular complexity index is 819. The zero-order valence-electron chi connectivity index (χ0n) is 11.4. The number of hydrogen-bond acceptors (Lipinski definition) is 6. The van der Waals surface area contributed by atoms with Crippen molar-refractivity contribution in [3.05, 3.63) is 29.6 Å². The van der Waals surface area contributed by atoms with Crippen LogP contribution in [-0.4, -0.2) is 47.1 Å². The molecule has 21 heavy (non-hydrogen) atoms. The summed E-state index contributed by atoms with van der Waals surface area (Å²) >= 11 is 0. The van der Waals surface area contributed by atoms with E-state index in [1.807, 2.05) is 19.1 Å². The standard InChI is InChI=1S/C13H14N4O3S/c1-8-2-3-10-11(6-8)15-12(17-16-10)13(18)14-9-4-5-21(19,20)7-9/h2-3,6,9H,4-5,7H2,1H3,(H,14,18). The third-order valence-corrected chi connectivity index (χ3v) is 5.15. The first-order valence-corrected chi connectivity index (χ1v) is 8.37. The average molecular weight is 306 g/mol. The third kappa shape index (κ3) is 2.99. The van der Waals surface area contributed by atoms with Gasteiger partial charge >= 0.3 is 0 Å². The number of aryl methyl sites for hydroxylation is 1. The van der Waals surface area contributed by atoms with Crippen LogP contribution >= 0.6 is 0 Å². The van der Waals surface area contributed by atoms with E-state index in [1.54, 1.807) is 6.07 Å². The van der Waals surface area contributed by atoms with Gasteiger partial charge in [-0.15, -0.1) is 10.2 Å². The summed E-state index contributed by atoms with van der Waals surface area (Å²) in [6.45, 7) is 1.92. The van der Waals surface area contributed by atoms with E-state index in [1.165, 1.54) is 0 Å². The molecule has 1 aliphatic rings. The second-order valence-corrected chi connectivity index (χ2v) is 7.43. The minimum atomic E-state index is -3.03. The number of benzene rings is 1. The number of carbonyl (C=O) groups excluding carboxylic acids is 1. The largest absolute Gasteiger partial charge is 0.345 e. The lowest BCUT2D eigenvalue weighted by molar-refractivity contribution is 0.0930. The molecule has 2 heterocycles. The lowest BCUT2D eigenvalue weighted by atomic mass is 10.2. The number of aromatic nitrogens is 3. The van der Waals surface area contributed by atoms with Gasteiger partial charge in [-0.2, -0.15) is 0 Å². The van der Waals surface area contributed by atoms with Gasteiger partial charge in [0.2, 0.25) is 5.82 Å². The van der Waals surface area contributed by atoms with Crippen LogP contribution in [0.3, 0.4) is 0 Å². The van der Waals surface area contributed by atoms with Gasteiger partial charge in [0.25, 0.3) is 5.91 Å². The summed E-state index contributed by atoms with van der Waals surface area (Å²) in [7, 11) is -3.03. The summed E-state index contributed by atoms with van der Waals surface area (Å²) in [6, 6.07) is 5.12. The van der Waals surface area contributed by atoms with Crippen LogP contribution in [0.5, 0.6) is 0 Å². The maximum Gasteiger partial charge on any atom is 0.291 e. The van der Waals surface area contributed by atoms with E-state index in [2.05, 4.69) is 20.5 Å². The molecular weight excluding hydrogens is 292 g/mol. The first kappa shape index (κ1) is 13.9. The van der Waals surface area contributed by atoms with Crippen molar-refractivity contribution in [1.29, 1.82) is 0 Å². The smallest absolute Gasteiger partial charge is 0.291 e. The minimum Gasteiger partial charge on any atom is -0.345 e. The normalized spacial score (nSPS) is 20.5. The molecule has 1 aliphatic heterocycles. The van der Waals surface area contributed by atoms with Gasteiger partial charge in [0.1, 0.15) is 5.52 Å². The maximum atomic E-state index is 12.1. The van der Waals surface area contributed by atoms with Gasteiger partial charge in [-0.1, -0.05) is 6.07 Å². The SMILES string of the molecule is Cc1ccc2nnc(C(=O)NC3CCS(=O)(=O)C3)nc2c1. The Hall–Kier alpha value is -2.09. The Morgan fingerprint density at radius 2 is 2.10 bits per heavy atom. The van der Waals surface area contributed by atoms with E-state index in [0.717, 1.165) is 5.56 Å². The lowest BCUT2D eigenvalue weighted by Crippen LogP contribution is -2.36. The molecule has 1 N–H and O–H groups in total. The van der Waals surface area contributed by atoms with E-state index in [4.69, 9.17) is 0 Å². The van der Waals surface area contributed by atoms with E-state index in [9.17, 15) is 13.2 Å². The predicted molar refractivity (Wildman–Crippen MR) is 76.6 cm³/mol. The molecule has 1 unspecified atom stereocenters. The molecule has 1 aromatic heterocycles. The van der Waals surface area contributed by atoms with Crippen molar-refractivity contribution in [3.63, 3.8) is 0 Å². The van der Waals surface area contributed by atoms with Crippen LogP contribution in [-0.2, 0) is 9.84 Å². The number of hydrogen-bond donors (Lipinski definition) is 1. The van der Waals surface area contributed by atoms with Crippen molar-refractivity contribution in [2.45, 2.75) is 19.4 Å². The predicted octanol–water partition coefficient (Wildman–Crippen LogP) is 0.250. The van der Waals surface area contributed by atoms with E-state index in [-0.39, 0.29) is 23.4 Å². The Labute approximate surface area is 121 Å². The molecule has 2 aromatic rings. The molecule has 0 spiro atoms. The van der Waals surface area contributed by atoms with Gasteiger partial charge in [0, 0.05) is 6.04 Å². The molecule has 1 amide bonds. The summed E-state index contributed by atoms with van der Waals surface area (Å²) < 4.78 is 22.8. The second kappa shape index (κ2) is 5.03. The highest BCUT2D eigenvalue weighted by molar-refractivity contribution is 7.91. The number of rotatable bonds is 2. The number of sulfone groups is 1. The Kier molecular flexibility index (Phi) is 3.32. The first-order chi connectivity index (χ1) is 9.93. The molecule has 0 saturated carbocycles. The molecule has 0 aliphatic carbocycles. The summed E-state index contributed by atoms with van der Waals surface area (Å²) in [5, 5.41) is 10.4. The number of nitrogens with zero attached hydrogens (tertiary/aromatic N) is 3. The van der Waals surface area contributed by atoms with Gasteiger partial charge in [-0.3, -0.25) is 4.79 Å². The number of fused-ring (bicyclic) bond motifs is 1. The highest BCUT2D eigenvalue weighted by atomic mass is 32.2. The molecule has 0 radical (unpaired) electrons. The van der Waals surface area contributed by atoms with Crippen LogP contribution in [0.1, 0.15) is 22.6 Å². The van der Waals surface area contributed by atoms with Crippen LogP contribution in [0, 0.1) is 6.92 Å². The molecule has 7 nitrogen and oxygen atoms in total. The molecule has 1 saturated heterocycles. The fraction of sp³-hybridized carbons (Fsp3) is 0.385. The number of carbonyl (C=O) groups is 1. The second-order valence-electron chi connectivity index (χ2n) is 5.20. The zero-order chi connectivity index (χ0) is 15.0. The summed E-state index contributed by atoms with van der Waals surface area (Å²) in [4.78, 5) is 16.2. The molecule has 1 fully saturated rings. The van der Waals surface area contributed by atoms with Crippen molar-refractivity contribution >= 4 is 26.8 Å². The molecule has 110 valence electrons. The minimum absolute atomic E-state index is 0.0289. The fourth-order valence-electron chi connectivity index (χ4n) is 2.30. The monoisotopic (exact) mass is 306 g/mol. The topological polar surface area (TPSA) is 102 Å². The highest BCUT2D eigenvalue weighted by Crippen LogP contribution is 2.13. The first-order valence-electron chi connectivity index (χ1n) is 6.55. The summed E-state index contributed by atoms with van der Waals surface area (Å²) in [5.41, 5.74) is 2.21. The maximum absolute atomic E-state index is 12.1. The van der Waals surface area contributed by atoms with E-state index >= 15 is 0 Å². The zero-order valence-corrected chi connectivity index (χ0v) is 12.2. The van der Waals surface area contributed by atoms with Crippen molar-refractivity contribution in [3.8, 4) is 0 Å². The van der Waals surface area contributed by atoms with E-state index < -0.39 is 15.7 Å². The quantitative estimate of drug-likeness (QED) is 0.853. The Morgan fingerprint density at radius 3 is 2.81 bits per heavy atom. The Morgan fingerprint density at radius 1 is 1.29 bits per heavy atom. The molecule has 1 aromatic carbocycles. The van der Waals surface area contributed by atoms with Crippen molar-refractivity contribution in [2.24, 2.45) is 0 Å². The van der Waals surface area contributed by atoms with Crippen LogP contribution in [0.25, 0.3) is 11.0 Å². The van der Waals surface area contributed by atoms with Gasteiger partial charge in [-0.25, -0.2) is 13.4 Å². The van der Waals surface area contributed by atoms with Crippen LogP contribution < -0.4 is 5.32 Å². The van der Waals surface area contributed by atoms with Crippen molar-refractivity contribution in [2.75, 3.05) is 11.5 Å². The molecular formula is C13H14N4O3S. The number of amides is 1.